The lowest BCUT2D eigenvalue weighted by atomic mass is 10.2. The van der Waals surface area contributed by atoms with Crippen LogP contribution in [0.4, 0.5) is 5.69 Å². The molecule has 2 heterocycles. The smallest absolute Gasteiger partial charge is 0.339 e. The van der Waals surface area contributed by atoms with Gasteiger partial charge in [-0.15, -0.1) is 0 Å². The van der Waals surface area contributed by atoms with Crippen LogP contribution < -0.4 is 10.6 Å². The molecule has 0 bridgehead atoms. The summed E-state index contributed by atoms with van der Waals surface area (Å²) >= 11 is 5.75. The molecule has 1 fully saturated rings. The van der Waals surface area contributed by atoms with Gasteiger partial charge in [0.05, 0.1) is 5.69 Å². The van der Waals surface area contributed by atoms with Crippen molar-refractivity contribution in [2.24, 2.45) is 0 Å². The van der Waals surface area contributed by atoms with Crippen LogP contribution in [0.15, 0.2) is 12.3 Å². The number of hydrogen-bond acceptors (Lipinski definition) is 4. The van der Waals surface area contributed by atoms with Gasteiger partial charge in [-0.2, -0.15) is 0 Å². The molecule has 1 saturated heterocycles. The molecular weight excluding hydrogens is 230 g/mol. The number of aromatic nitrogens is 1. The van der Waals surface area contributed by atoms with Gasteiger partial charge in [0.1, 0.15) is 10.7 Å². The van der Waals surface area contributed by atoms with E-state index in [4.69, 9.17) is 16.7 Å². The van der Waals surface area contributed by atoms with Crippen molar-refractivity contribution in [3.8, 4) is 0 Å². The number of aromatic carboxylic acids is 1. The predicted molar refractivity (Wildman–Crippen MR) is 61.1 cm³/mol. The molecule has 1 aliphatic heterocycles. The molecule has 0 saturated carbocycles. The Hall–Kier alpha value is -1.33. The zero-order valence-corrected chi connectivity index (χ0v) is 9.29. The number of nitrogens with one attached hydrogen (secondary N) is 2. The Morgan fingerprint density at radius 1 is 1.69 bits per heavy atom. The first-order valence-electron chi connectivity index (χ1n) is 5.03. The highest BCUT2D eigenvalue weighted by atomic mass is 35.5. The Morgan fingerprint density at radius 2 is 2.50 bits per heavy atom. The fraction of sp³-hybridized carbons (Fsp3) is 0.400. The molecule has 1 aromatic heterocycles. The number of halogens is 1. The largest absolute Gasteiger partial charge is 0.478 e. The van der Waals surface area contributed by atoms with Crippen LogP contribution in [0.25, 0.3) is 0 Å². The van der Waals surface area contributed by atoms with Crippen LogP contribution >= 0.6 is 11.6 Å². The van der Waals surface area contributed by atoms with Crippen LogP contribution in [0.1, 0.15) is 16.8 Å². The van der Waals surface area contributed by atoms with Gasteiger partial charge in [0, 0.05) is 18.8 Å². The van der Waals surface area contributed by atoms with Crippen molar-refractivity contribution in [3.63, 3.8) is 0 Å². The molecule has 0 amide bonds. The molecule has 0 aromatic carbocycles. The van der Waals surface area contributed by atoms with Crippen molar-refractivity contribution in [3.05, 3.63) is 23.0 Å². The maximum Gasteiger partial charge on any atom is 0.339 e. The lowest BCUT2D eigenvalue weighted by Crippen LogP contribution is -2.23. The average molecular weight is 242 g/mol. The van der Waals surface area contributed by atoms with Crippen LogP contribution in [0.2, 0.25) is 5.15 Å². The highest BCUT2D eigenvalue weighted by Crippen LogP contribution is 2.20. The minimum absolute atomic E-state index is 0.149. The van der Waals surface area contributed by atoms with Gasteiger partial charge < -0.3 is 15.7 Å². The molecule has 0 radical (unpaired) electrons. The summed E-state index contributed by atoms with van der Waals surface area (Å²) in [4.78, 5) is 14.7. The minimum atomic E-state index is -1.00. The van der Waals surface area contributed by atoms with E-state index in [1.165, 1.54) is 6.20 Å². The number of nitrogens with zero attached hydrogens (tertiary/aromatic N) is 1. The number of hydrogen-bond donors (Lipinski definition) is 3. The van der Waals surface area contributed by atoms with Gasteiger partial charge in [-0.05, 0) is 19.0 Å². The molecular formula is C10H12ClN3O2. The topological polar surface area (TPSA) is 74.2 Å². The predicted octanol–water partition coefficient (Wildman–Crippen LogP) is 1.21. The van der Waals surface area contributed by atoms with Gasteiger partial charge in [-0.3, -0.25) is 0 Å². The van der Waals surface area contributed by atoms with Crippen molar-refractivity contribution < 1.29 is 9.90 Å². The van der Waals surface area contributed by atoms with Gasteiger partial charge in [0.25, 0.3) is 0 Å². The maximum absolute atomic E-state index is 11.0. The third kappa shape index (κ3) is 2.43. The normalized spacial score (nSPS) is 19.7. The first kappa shape index (κ1) is 11.2. The number of carboxylic acids is 1. The Labute approximate surface area is 97.8 Å². The second kappa shape index (κ2) is 4.67. The SMILES string of the molecule is O=C(O)c1cnc(Cl)cc1NC1CCNC1. The van der Waals surface area contributed by atoms with Gasteiger partial charge in [-0.1, -0.05) is 11.6 Å². The van der Waals surface area contributed by atoms with E-state index in [1.807, 2.05) is 0 Å². The van der Waals surface area contributed by atoms with E-state index in [0.717, 1.165) is 19.5 Å². The summed E-state index contributed by atoms with van der Waals surface area (Å²) in [6.45, 7) is 1.78. The van der Waals surface area contributed by atoms with Crippen LogP contribution in [-0.2, 0) is 0 Å². The van der Waals surface area contributed by atoms with Crippen LogP contribution in [0.3, 0.4) is 0 Å². The summed E-state index contributed by atoms with van der Waals surface area (Å²) < 4.78 is 0. The summed E-state index contributed by atoms with van der Waals surface area (Å²) in [6, 6.07) is 1.79. The number of anilines is 1. The van der Waals surface area contributed by atoms with Gasteiger partial charge >= 0.3 is 5.97 Å². The van der Waals surface area contributed by atoms with Crippen molar-refractivity contribution in [2.45, 2.75) is 12.5 Å². The number of rotatable bonds is 3. The second-order valence-electron chi connectivity index (χ2n) is 3.69. The standard InChI is InChI=1S/C10H12ClN3O2/c11-9-3-8(7(5-13-9)10(15)16)14-6-1-2-12-4-6/h3,5-6,12H,1-2,4H2,(H,13,14)(H,15,16). The van der Waals surface area contributed by atoms with E-state index in [9.17, 15) is 4.79 Å². The first-order valence-corrected chi connectivity index (χ1v) is 5.40. The highest BCUT2D eigenvalue weighted by Gasteiger charge is 2.18. The second-order valence-corrected chi connectivity index (χ2v) is 4.08. The van der Waals surface area contributed by atoms with Crippen molar-refractivity contribution >= 4 is 23.3 Å². The molecule has 5 nitrogen and oxygen atoms in total. The monoisotopic (exact) mass is 241 g/mol. The average Bonchev–Trinajstić information content (AvgIpc) is 2.70. The van der Waals surface area contributed by atoms with Gasteiger partial charge in [0.15, 0.2) is 0 Å². The lowest BCUT2D eigenvalue weighted by molar-refractivity contribution is 0.0697. The molecule has 0 spiro atoms. The molecule has 0 aliphatic carbocycles. The minimum Gasteiger partial charge on any atom is -0.478 e. The zero-order valence-electron chi connectivity index (χ0n) is 8.53. The molecule has 1 aromatic rings. The van der Waals surface area contributed by atoms with Crippen LogP contribution in [0, 0.1) is 0 Å². The fourth-order valence-corrected chi connectivity index (χ4v) is 1.88. The van der Waals surface area contributed by atoms with E-state index in [1.54, 1.807) is 6.07 Å². The molecule has 3 N–H and O–H groups in total. The zero-order chi connectivity index (χ0) is 11.5. The summed E-state index contributed by atoms with van der Waals surface area (Å²) in [5, 5.41) is 15.6. The summed E-state index contributed by atoms with van der Waals surface area (Å²) in [6.07, 6.45) is 2.24. The van der Waals surface area contributed by atoms with E-state index >= 15 is 0 Å². The molecule has 1 aliphatic rings. The molecule has 86 valence electrons. The fourth-order valence-electron chi connectivity index (χ4n) is 1.72. The van der Waals surface area contributed by atoms with Crippen LogP contribution in [-0.4, -0.2) is 35.2 Å². The Balaban J connectivity index is 2.22. The van der Waals surface area contributed by atoms with E-state index in [2.05, 4.69) is 15.6 Å². The van der Waals surface area contributed by atoms with Crippen molar-refractivity contribution in [1.29, 1.82) is 0 Å². The van der Waals surface area contributed by atoms with Gasteiger partial charge in [0.2, 0.25) is 0 Å². The third-order valence-electron chi connectivity index (χ3n) is 2.52. The number of carbonyl (C=O) groups is 1. The maximum atomic E-state index is 11.0. The Kier molecular flexibility index (Phi) is 3.26. The summed E-state index contributed by atoms with van der Waals surface area (Å²) in [5.41, 5.74) is 0.678. The van der Waals surface area contributed by atoms with E-state index in [-0.39, 0.29) is 11.6 Å². The Morgan fingerprint density at radius 3 is 3.12 bits per heavy atom. The summed E-state index contributed by atoms with van der Waals surface area (Å²) in [5.74, 6) is -1.00. The molecule has 1 atom stereocenters. The number of carboxylic acid groups (broad SMARTS) is 1. The van der Waals surface area contributed by atoms with E-state index in [0.29, 0.717) is 10.8 Å². The van der Waals surface area contributed by atoms with Crippen molar-refractivity contribution in [2.75, 3.05) is 18.4 Å². The van der Waals surface area contributed by atoms with Gasteiger partial charge in [-0.25, -0.2) is 9.78 Å². The lowest BCUT2D eigenvalue weighted by Gasteiger charge is -2.14. The van der Waals surface area contributed by atoms with Crippen LogP contribution in [0.5, 0.6) is 0 Å². The number of pyridine rings is 1. The molecule has 1 unspecified atom stereocenters. The highest BCUT2D eigenvalue weighted by molar-refractivity contribution is 6.29. The summed E-state index contributed by atoms with van der Waals surface area (Å²) in [7, 11) is 0. The first-order chi connectivity index (χ1) is 7.66. The molecule has 2 rings (SSSR count). The quantitative estimate of drug-likeness (QED) is 0.694. The molecule has 6 heteroatoms. The van der Waals surface area contributed by atoms with Crippen molar-refractivity contribution in [1.82, 2.24) is 10.3 Å². The Bertz CT molecular complexity index is 405. The third-order valence-corrected chi connectivity index (χ3v) is 2.73. The van der Waals surface area contributed by atoms with E-state index < -0.39 is 5.97 Å². The molecule has 16 heavy (non-hydrogen) atoms.